The van der Waals surface area contributed by atoms with Crippen molar-refractivity contribution in [2.75, 3.05) is 21.3 Å². The molecule has 1 aromatic rings. The van der Waals surface area contributed by atoms with E-state index in [1.807, 2.05) is 25.2 Å². The molecule has 0 bridgehead atoms. The van der Waals surface area contributed by atoms with Crippen LogP contribution in [0.15, 0.2) is 18.2 Å². The monoisotopic (exact) mass is 182 g/mol. The minimum absolute atomic E-state index is 0.780. The molecule has 0 saturated heterocycles. The van der Waals surface area contributed by atoms with Crippen molar-refractivity contribution in [2.45, 2.75) is 6.54 Å². The second-order valence-electron chi connectivity index (χ2n) is 2.80. The van der Waals surface area contributed by atoms with E-state index in [0.29, 0.717) is 0 Å². The fourth-order valence-electron chi connectivity index (χ4n) is 1.24. The Hall–Kier alpha value is -1.22. The zero-order valence-electron chi connectivity index (χ0n) is 8.33. The normalized spacial score (nSPS) is 9.77. The van der Waals surface area contributed by atoms with Gasteiger partial charge in [0.25, 0.3) is 0 Å². The molecule has 0 atom stereocenters. The van der Waals surface area contributed by atoms with Crippen LogP contribution in [-0.4, -0.2) is 21.3 Å². The van der Waals surface area contributed by atoms with Gasteiger partial charge in [-0.25, -0.2) is 0 Å². The largest absolute Gasteiger partial charge is 0.493 e. The maximum atomic E-state index is 5.18. The Kier molecular flexibility index (Phi) is 3.58. The van der Waals surface area contributed by atoms with Crippen molar-refractivity contribution >= 4 is 0 Å². The van der Waals surface area contributed by atoms with Crippen molar-refractivity contribution in [3.8, 4) is 11.5 Å². The van der Waals surface area contributed by atoms with Crippen molar-refractivity contribution in [2.24, 2.45) is 0 Å². The molecule has 0 aromatic heterocycles. The second-order valence-corrected chi connectivity index (χ2v) is 2.80. The molecule has 2 N–H and O–H groups in total. The fraction of sp³-hybridized carbons (Fsp3) is 0.400. The average Bonchev–Trinajstić information content (AvgIpc) is 2.18. The summed E-state index contributed by atoms with van der Waals surface area (Å²) in [5.41, 5.74) is 1.24. The first-order valence-electron chi connectivity index (χ1n) is 4.30. The average molecular weight is 182 g/mol. The summed E-state index contributed by atoms with van der Waals surface area (Å²) in [5.74, 6) is 1.57. The van der Waals surface area contributed by atoms with Crippen molar-refractivity contribution in [1.29, 1.82) is 0 Å². The van der Waals surface area contributed by atoms with Crippen molar-refractivity contribution in [3.63, 3.8) is 0 Å². The number of ether oxygens (including phenoxy) is 2. The first-order valence-corrected chi connectivity index (χ1v) is 4.30. The van der Waals surface area contributed by atoms with Gasteiger partial charge in [-0.1, -0.05) is 0 Å². The van der Waals surface area contributed by atoms with Gasteiger partial charge in [0.2, 0.25) is 0 Å². The molecule has 0 fully saturated rings. The molecule has 3 heteroatoms. The molecule has 0 unspecified atom stereocenters. The topological polar surface area (TPSA) is 35.1 Å². The van der Waals surface area contributed by atoms with E-state index < -0.39 is 0 Å². The molecule has 0 heterocycles. The lowest BCUT2D eigenvalue weighted by Gasteiger charge is -2.08. The van der Waals surface area contributed by atoms with Crippen molar-refractivity contribution in [3.05, 3.63) is 23.8 Å². The molecule has 0 aliphatic rings. The van der Waals surface area contributed by atoms with E-state index in [2.05, 4.69) is 5.32 Å². The van der Waals surface area contributed by atoms with Crippen LogP contribution < -0.4 is 14.8 Å². The van der Waals surface area contributed by atoms with Gasteiger partial charge in [0, 0.05) is 5.56 Å². The molecule has 0 spiro atoms. The highest BCUT2D eigenvalue weighted by atomic mass is 16.5. The predicted molar refractivity (Wildman–Crippen MR) is 51.1 cm³/mol. The van der Waals surface area contributed by atoms with Crippen molar-refractivity contribution in [1.82, 2.24) is 0 Å². The Balaban J connectivity index is 2.91. The number of hydrogen-bond donors (Lipinski definition) is 1. The Morgan fingerprint density at radius 2 is 1.85 bits per heavy atom. The lowest BCUT2D eigenvalue weighted by molar-refractivity contribution is -0.643. The molecule has 0 radical (unpaired) electrons. The van der Waals surface area contributed by atoms with Crippen LogP contribution in [0.3, 0.4) is 0 Å². The zero-order chi connectivity index (χ0) is 9.68. The first-order chi connectivity index (χ1) is 6.31. The maximum absolute atomic E-state index is 5.18. The van der Waals surface area contributed by atoms with Crippen LogP contribution in [0.1, 0.15) is 5.56 Å². The standard InChI is InChI=1S/C10H15NO2/c1-11-7-8-4-5-9(12-2)10(6-8)13-3/h4-6,11H,7H2,1-3H3/p+1. The summed E-state index contributed by atoms with van der Waals surface area (Å²) in [6.07, 6.45) is 0. The van der Waals surface area contributed by atoms with Crippen LogP contribution in [0.2, 0.25) is 0 Å². The summed E-state index contributed by atoms with van der Waals surface area (Å²) in [4.78, 5) is 0. The predicted octanol–water partition coefficient (Wildman–Crippen LogP) is 0.397. The molecular formula is C10H16NO2+. The number of hydrogen-bond acceptors (Lipinski definition) is 2. The SMILES string of the molecule is C[NH2+]Cc1ccc(OC)c(OC)c1. The lowest BCUT2D eigenvalue weighted by atomic mass is 10.2. The van der Waals surface area contributed by atoms with Crippen LogP contribution in [0.25, 0.3) is 0 Å². The molecular weight excluding hydrogens is 166 g/mol. The quantitative estimate of drug-likeness (QED) is 0.731. The lowest BCUT2D eigenvalue weighted by Crippen LogP contribution is -2.77. The third-order valence-electron chi connectivity index (χ3n) is 1.89. The van der Waals surface area contributed by atoms with Crippen LogP contribution in [-0.2, 0) is 6.54 Å². The van der Waals surface area contributed by atoms with E-state index in [9.17, 15) is 0 Å². The van der Waals surface area contributed by atoms with E-state index >= 15 is 0 Å². The number of quaternary nitrogens is 1. The van der Waals surface area contributed by atoms with Gasteiger partial charge < -0.3 is 14.8 Å². The number of rotatable bonds is 4. The molecule has 0 amide bonds. The molecule has 0 aliphatic heterocycles. The highest BCUT2D eigenvalue weighted by Gasteiger charge is 2.04. The van der Waals surface area contributed by atoms with E-state index in [1.54, 1.807) is 14.2 Å². The molecule has 1 rings (SSSR count). The highest BCUT2D eigenvalue weighted by molar-refractivity contribution is 5.42. The molecule has 0 aliphatic carbocycles. The van der Waals surface area contributed by atoms with Gasteiger partial charge in [0.1, 0.15) is 6.54 Å². The fourth-order valence-corrected chi connectivity index (χ4v) is 1.24. The highest BCUT2D eigenvalue weighted by Crippen LogP contribution is 2.26. The molecule has 0 saturated carbocycles. The molecule has 1 aromatic carbocycles. The van der Waals surface area contributed by atoms with Gasteiger partial charge in [-0.15, -0.1) is 0 Å². The van der Waals surface area contributed by atoms with Gasteiger partial charge in [-0.2, -0.15) is 0 Å². The van der Waals surface area contributed by atoms with Gasteiger partial charge in [-0.3, -0.25) is 0 Å². The second kappa shape index (κ2) is 4.72. The minimum atomic E-state index is 0.780. The minimum Gasteiger partial charge on any atom is -0.493 e. The first kappa shape index (κ1) is 9.86. The van der Waals surface area contributed by atoms with Crippen molar-refractivity contribution < 1.29 is 14.8 Å². The third-order valence-corrected chi connectivity index (χ3v) is 1.89. The van der Waals surface area contributed by atoms with E-state index in [1.165, 1.54) is 5.56 Å². The van der Waals surface area contributed by atoms with Gasteiger partial charge in [0.05, 0.1) is 21.3 Å². The smallest absolute Gasteiger partial charge is 0.161 e. The summed E-state index contributed by atoms with van der Waals surface area (Å²) in [6.45, 7) is 0.959. The summed E-state index contributed by atoms with van der Waals surface area (Å²) in [7, 11) is 5.33. The summed E-state index contributed by atoms with van der Waals surface area (Å²) >= 11 is 0. The zero-order valence-corrected chi connectivity index (χ0v) is 8.33. The van der Waals surface area contributed by atoms with Gasteiger partial charge in [0.15, 0.2) is 11.5 Å². The third kappa shape index (κ3) is 2.36. The summed E-state index contributed by atoms with van der Waals surface area (Å²) in [5, 5.41) is 2.11. The number of nitrogens with two attached hydrogens (primary N) is 1. The van der Waals surface area contributed by atoms with E-state index in [4.69, 9.17) is 9.47 Å². The summed E-state index contributed by atoms with van der Waals surface area (Å²) in [6, 6.07) is 5.97. The molecule has 72 valence electrons. The maximum Gasteiger partial charge on any atom is 0.161 e. The van der Waals surface area contributed by atoms with Crippen LogP contribution in [0.4, 0.5) is 0 Å². The molecule has 3 nitrogen and oxygen atoms in total. The Morgan fingerprint density at radius 3 is 2.38 bits per heavy atom. The Bertz CT molecular complexity index is 274. The van der Waals surface area contributed by atoms with E-state index in [-0.39, 0.29) is 0 Å². The number of methoxy groups -OCH3 is 2. The van der Waals surface area contributed by atoms with Crippen LogP contribution >= 0.6 is 0 Å². The van der Waals surface area contributed by atoms with Crippen LogP contribution in [0.5, 0.6) is 11.5 Å². The van der Waals surface area contributed by atoms with Gasteiger partial charge >= 0.3 is 0 Å². The van der Waals surface area contributed by atoms with Gasteiger partial charge in [-0.05, 0) is 18.2 Å². The van der Waals surface area contributed by atoms with Crippen LogP contribution in [0, 0.1) is 0 Å². The Labute approximate surface area is 78.7 Å². The number of benzene rings is 1. The van der Waals surface area contributed by atoms with E-state index in [0.717, 1.165) is 18.0 Å². The molecule has 13 heavy (non-hydrogen) atoms. The summed E-state index contributed by atoms with van der Waals surface area (Å²) < 4.78 is 10.3. The Morgan fingerprint density at radius 1 is 1.15 bits per heavy atom.